The Balaban J connectivity index is 1.81. The van der Waals surface area contributed by atoms with E-state index >= 15 is 0 Å². The van der Waals surface area contributed by atoms with Gasteiger partial charge >= 0.3 is 5.97 Å². The van der Waals surface area contributed by atoms with Crippen LogP contribution in [0.3, 0.4) is 0 Å². The maximum atomic E-state index is 11.7. The number of para-hydroxylation sites is 1. The van der Waals surface area contributed by atoms with Gasteiger partial charge in [0.25, 0.3) is 5.91 Å². The molecule has 23 heavy (non-hydrogen) atoms. The Hall–Kier alpha value is -3.09. The van der Waals surface area contributed by atoms with Crippen LogP contribution in [0.2, 0.25) is 0 Å². The van der Waals surface area contributed by atoms with E-state index < -0.39 is 18.5 Å². The molecule has 1 N–H and O–H groups in total. The Kier molecular flexibility index (Phi) is 5.51. The number of hydrogen-bond donors (Lipinski definition) is 1. The molecule has 0 unspecified atom stereocenters. The summed E-state index contributed by atoms with van der Waals surface area (Å²) in [7, 11) is 1.55. The number of amides is 1. The zero-order chi connectivity index (χ0) is 16.7. The summed E-state index contributed by atoms with van der Waals surface area (Å²) in [6, 6.07) is 9.93. The van der Waals surface area contributed by atoms with E-state index in [1.54, 1.807) is 13.2 Å². The number of carbonyl (C=O) groups excluding carboxylic acids is 2. The smallest absolute Gasteiger partial charge is 0.339 e. The molecule has 0 aliphatic rings. The molecule has 0 radical (unpaired) electrons. The average molecular weight is 316 g/mol. The number of nitrogens with one attached hydrogen (secondary N) is 1. The van der Waals surface area contributed by atoms with Crippen LogP contribution in [0.15, 0.2) is 48.8 Å². The third-order valence-corrected chi connectivity index (χ3v) is 3.04. The van der Waals surface area contributed by atoms with E-state index in [4.69, 9.17) is 9.47 Å². The first-order chi connectivity index (χ1) is 11.1. The van der Waals surface area contributed by atoms with Crippen molar-refractivity contribution in [1.29, 1.82) is 0 Å². The lowest BCUT2D eigenvalue weighted by atomic mass is 10.2. The summed E-state index contributed by atoms with van der Waals surface area (Å²) in [5.74, 6) is -0.433. The van der Waals surface area contributed by atoms with Gasteiger partial charge in [-0.25, -0.2) is 4.79 Å². The molecule has 1 amide bonds. The van der Waals surface area contributed by atoms with Gasteiger partial charge in [0, 0.05) is 24.2 Å². The molecule has 120 valence electrons. The SMILES string of the molecule is COc1ccccc1CNC(=O)COC(=O)c1cc[n+]([O-])cc1. The average Bonchev–Trinajstić information content (AvgIpc) is 2.58. The van der Waals surface area contributed by atoms with Gasteiger partial charge in [0.1, 0.15) is 5.75 Å². The molecule has 2 rings (SSSR count). The van der Waals surface area contributed by atoms with Crippen molar-refractivity contribution in [3.05, 3.63) is 65.1 Å². The van der Waals surface area contributed by atoms with Gasteiger partial charge in [-0.15, -0.1) is 0 Å². The number of pyridine rings is 1. The fraction of sp³-hybridized carbons (Fsp3) is 0.188. The molecule has 0 saturated carbocycles. The molecule has 0 aliphatic heterocycles. The first-order valence-corrected chi connectivity index (χ1v) is 6.84. The molecule has 0 bridgehead atoms. The Morgan fingerprint density at radius 1 is 1.17 bits per heavy atom. The van der Waals surface area contributed by atoms with Gasteiger partial charge in [-0.3, -0.25) is 4.79 Å². The minimum Gasteiger partial charge on any atom is -0.619 e. The number of aromatic nitrogens is 1. The maximum absolute atomic E-state index is 11.7. The molecule has 1 heterocycles. The number of ether oxygens (including phenoxy) is 2. The Morgan fingerprint density at radius 3 is 2.57 bits per heavy atom. The number of benzene rings is 1. The molecule has 2 aromatic rings. The van der Waals surface area contributed by atoms with E-state index in [9.17, 15) is 14.8 Å². The molecule has 0 saturated heterocycles. The molecule has 0 fully saturated rings. The summed E-state index contributed by atoms with van der Waals surface area (Å²) in [5.41, 5.74) is 1.02. The van der Waals surface area contributed by atoms with Crippen molar-refractivity contribution in [1.82, 2.24) is 5.32 Å². The minimum atomic E-state index is -0.668. The van der Waals surface area contributed by atoms with Crippen molar-refractivity contribution in [2.75, 3.05) is 13.7 Å². The zero-order valence-electron chi connectivity index (χ0n) is 12.5. The lowest BCUT2D eigenvalue weighted by Crippen LogP contribution is -2.29. The van der Waals surface area contributed by atoms with Gasteiger partial charge in [0.05, 0.1) is 12.7 Å². The van der Waals surface area contributed by atoms with Crippen molar-refractivity contribution >= 4 is 11.9 Å². The molecule has 7 heteroatoms. The number of esters is 1. The molecular weight excluding hydrogens is 300 g/mol. The number of hydrogen-bond acceptors (Lipinski definition) is 5. The van der Waals surface area contributed by atoms with Crippen LogP contribution < -0.4 is 14.8 Å². The predicted molar refractivity (Wildman–Crippen MR) is 80.5 cm³/mol. The van der Waals surface area contributed by atoms with Crippen molar-refractivity contribution in [2.45, 2.75) is 6.54 Å². The van der Waals surface area contributed by atoms with E-state index in [2.05, 4.69) is 5.32 Å². The second-order valence-corrected chi connectivity index (χ2v) is 4.61. The fourth-order valence-corrected chi connectivity index (χ4v) is 1.86. The highest BCUT2D eigenvalue weighted by Gasteiger charge is 2.11. The summed E-state index contributed by atoms with van der Waals surface area (Å²) in [4.78, 5) is 23.4. The Morgan fingerprint density at radius 2 is 1.87 bits per heavy atom. The predicted octanol–water partition coefficient (Wildman–Crippen LogP) is 0.802. The lowest BCUT2D eigenvalue weighted by molar-refractivity contribution is -0.605. The minimum absolute atomic E-state index is 0.203. The van der Waals surface area contributed by atoms with Crippen LogP contribution >= 0.6 is 0 Å². The quantitative estimate of drug-likeness (QED) is 0.483. The summed E-state index contributed by atoms with van der Waals surface area (Å²) in [5, 5.41) is 13.5. The topological polar surface area (TPSA) is 91.6 Å². The molecular formula is C16H16N2O5. The molecule has 1 aromatic heterocycles. The fourth-order valence-electron chi connectivity index (χ4n) is 1.86. The van der Waals surface area contributed by atoms with Crippen molar-refractivity contribution in [3.8, 4) is 5.75 Å². The highest BCUT2D eigenvalue weighted by atomic mass is 16.5. The number of carbonyl (C=O) groups is 2. The third kappa shape index (κ3) is 4.70. The second-order valence-electron chi connectivity index (χ2n) is 4.61. The van der Waals surface area contributed by atoms with Gasteiger partial charge in [0.15, 0.2) is 19.0 Å². The zero-order valence-corrected chi connectivity index (χ0v) is 12.5. The molecule has 0 aliphatic carbocycles. The van der Waals surface area contributed by atoms with Crippen LogP contribution in [0, 0.1) is 5.21 Å². The van der Waals surface area contributed by atoms with E-state index in [0.29, 0.717) is 10.5 Å². The van der Waals surface area contributed by atoms with E-state index in [1.807, 2.05) is 18.2 Å². The number of nitrogens with zero attached hydrogens (tertiary/aromatic N) is 1. The summed E-state index contributed by atoms with van der Waals surface area (Å²) in [6.07, 6.45) is 2.36. The largest absolute Gasteiger partial charge is 0.619 e. The van der Waals surface area contributed by atoms with Crippen molar-refractivity contribution in [3.63, 3.8) is 0 Å². The van der Waals surface area contributed by atoms with Crippen molar-refractivity contribution in [2.24, 2.45) is 0 Å². The van der Waals surface area contributed by atoms with Gasteiger partial charge in [-0.2, -0.15) is 4.73 Å². The van der Waals surface area contributed by atoms with E-state index in [1.165, 1.54) is 24.5 Å². The van der Waals surface area contributed by atoms with Crippen LogP contribution in [-0.4, -0.2) is 25.6 Å². The second kappa shape index (κ2) is 7.79. The van der Waals surface area contributed by atoms with Gasteiger partial charge in [0.2, 0.25) is 0 Å². The molecule has 0 atom stereocenters. The van der Waals surface area contributed by atoms with Crippen LogP contribution in [0.25, 0.3) is 0 Å². The van der Waals surface area contributed by atoms with Gasteiger partial charge in [-0.1, -0.05) is 18.2 Å². The van der Waals surface area contributed by atoms with Crippen LogP contribution in [-0.2, 0) is 16.1 Å². The molecule has 0 spiro atoms. The Bertz CT molecular complexity index is 685. The highest BCUT2D eigenvalue weighted by Crippen LogP contribution is 2.16. The van der Waals surface area contributed by atoms with Crippen molar-refractivity contribution < 1.29 is 23.8 Å². The van der Waals surface area contributed by atoms with Crippen LogP contribution in [0.1, 0.15) is 15.9 Å². The van der Waals surface area contributed by atoms with E-state index in [0.717, 1.165) is 5.56 Å². The monoisotopic (exact) mass is 316 g/mol. The number of methoxy groups -OCH3 is 1. The first kappa shape index (κ1) is 16.3. The van der Waals surface area contributed by atoms with Gasteiger partial charge in [-0.05, 0) is 6.07 Å². The van der Waals surface area contributed by atoms with E-state index in [-0.39, 0.29) is 12.1 Å². The third-order valence-electron chi connectivity index (χ3n) is 3.04. The summed E-state index contributed by atoms with van der Waals surface area (Å²) < 4.78 is 10.6. The number of rotatable bonds is 6. The molecule has 1 aromatic carbocycles. The summed E-state index contributed by atoms with van der Waals surface area (Å²) in [6.45, 7) is -0.137. The molecule has 7 nitrogen and oxygen atoms in total. The highest BCUT2D eigenvalue weighted by molar-refractivity contribution is 5.91. The van der Waals surface area contributed by atoms with Gasteiger partial charge < -0.3 is 20.0 Å². The first-order valence-electron chi connectivity index (χ1n) is 6.84. The normalized spacial score (nSPS) is 9.96. The summed E-state index contributed by atoms with van der Waals surface area (Å²) >= 11 is 0. The Labute approximate surface area is 133 Å². The maximum Gasteiger partial charge on any atom is 0.339 e. The van der Waals surface area contributed by atoms with Crippen LogP contribution in [0.4, 0.5) is 0 Å². The lowest BCUT2D eigenvalue weighted by Gasteiger charge is -2.09. The standard InChI is InChI=1S/C16H16N2O5/c1-22-14-5-3-2-4-13(14)10-17-15(19)11-23-16(20)12-6-8-18(21)9-7-12/h2-9H,10-11H2,1H3,(H,17,19). The van der Waals surface area contributed by atoms with Crippen LogP contribution in [0.5, 0.6) is 5.75 Å².